The Hall–Kier alpha value is -1.47. The Morgan fingerprint density at radius 3 is 2.83 bits per heavy atom. The number of hydrogen-bond donors (Lipinski definition) is 1. The van der Waals surface area contributed by atoms with Crippen LogP contribution < -0.4 is 5.73 Å². The van der Waals surface area contributed by atoms with E-state index in [1.165, 1.54) is 10.6 Å². The van der Waals surface area contributed by atoms with E-state index in [1.807, 2.05) is 0 Å². The number of carbonyl (C=O) groups is 1. The van der Waals surface area contributed by atoms with E-state index in [4.69, 9.17) is 5.73 Å². The summed E-state index contributed by atoms with van der Waals surface area (Å²) in [6, 6.07) is 3.26. The first-order valence-corrected chi connectivity index (χ1v) is 7.44. The molecule has 0 aromatic carbocycles. The summed E-state index contributed by atoms with van der Waals surface area (Å²) < 4.78 is 24.3. The van der Waals surface area contributed by atoms with Crippen molar-refractivity contribution in [3.05, 3.63) is 29.6 Å². The zero-order valence-corrected chi connectivity index (χ0v) is 10.9. The number of aromatic nitrogens is 1. The van der Waals surface area contributed by atoms with Crippen LogP contribution in [0.3, 0.4) is 0 Å². The molecule has 18 heavy (non-hydrogen) atoms. The summed E-state index contributed by atoms with van der Waals surface area (Å²) in [5, 5.41) is 0. The van der Waals surface area contributed by atoms with Gasteiger partial charge in [0.05, 0.1) is 17.5 Å². The SMILES string of the molecule is CS(=O)(=O)N1CCC(c2ncccc2C(N)=O)C1. The summed E-state index contributed by atoms with van der Waals surface area (Å²) >= 11 is 0. The van der Waals surface area contributed by atoms with Crippen LogP contribution in [0, 0.1) is 0 Å². The minimum atomic E-state index is -3.19. The van der Waals surface area contributed by atoms with E-state index in [2.05, 4.69) is 4.98 Å². The van der Waals surface area contributed by atoms with Crippen molar-refractivity contribution >= 4 is 15.9 Å². The second-order valence-corrected chi connectivity index (χ2v) is 6.39. The molecule has 0 spiro atoms. The van der Waals surface area contributed by atoms with Gasteiger partial charge in [0.1, 0.15) is 0 Å². The van der Waals surface area contributed by atoms with E-state index >= 15 is 0 Å². The van der Waals surface area contributed by atoms with Crippen molar-refractivity contribution in [2.24, 2.45) is 5.73 Å². The van der Waals surface area contributed by atoms with Crippen LogP contribution >= 0.6 is 0 Å². The summed E-state index contributed by atoms with van der Waals surface area (Å²) in [4.78, 5) is 15.5. The van der Waals surface area contributed by atoms with Crippen LogP contribution in [-0.4, -0.2) is 43.0 Å². The fourth-order valence-corrected chi connectivity index (χ4v) is 3.09. The van der Waals surface area contributed by atoms with Gasteiger partial charge in [-0.2, -0.15) is 0 Å². The molecule has 1 saturated heterocycles. The van der Waals surface area contributed by atoms with Crippen LogP contribution in [0.1, 0.15) is 28.4 Å². The molecule has 1 aliphatic rings. The minimum absolute atomic E-state index is 0.0663. The molecule has 2 heterocycles. The van der Waals surface area contributed by atoms with E-state index in [0.717, 1.165) is 0 Å². The Kier molecular flexibility index (Phi) is 3.36. The maximum Gasteiger partial charge on any atom is 0.250 e. The molecule has 1 aromatic heterocycles. The van der Waals surface area contributed by atoms with Crippen LogP contribution in [0.2, 0.25) is 0 Å². The molecule has 1 amide bonds. The average molecular weight is 269 g/mol. The van der Waals surface area contributed by atoms with Crippen molar-refractivity contribution in [3.63, 3.8) is 0 Å². The van der Waals surface area contributed by atoms with Gasteiger partial charge in [-0.3, -0.25) is 9.78 Å². The maximum absolute atomic E-state index is 11.4. The molecule has 1 atom stereocenters. The maximum atomic E-state index is 11.4. The van der Waals surface area contributed by atoms with Crippen LogP contribution in [-0.2, 0) is 10.0 Å². The second kappa shape index (κ2) is 4.66. The van der Waals surface area contributed by atoms with Gasteiger partial charge in [-0.1, -0.05) is 0 Å². The van der Waals surface area contributed by atoms with Crippen molar-refractivity contribution in [1.29, 1.82) is 0 Å². The highest BCUT2D eigenvalue weighted by Crippen LogP contribution is 2.29. The predicted molar refractivity (Wildman–Crippen MR) is 66.5 cm³/mol. The van der Waals surface area contributed by atoms with Crippen LogP contribution in [0.5, 0.6) is 0 Å². The molecule has 1 unspecified atom stereocenters. The van der Waals surface area contributed by atoms with E-state index in [0.29, 0.717) is 30.8 Å². The highest BCUT2D eigenvalue weighted by Gasteiger charge is 2.32. The smallest absolute Gasteiger partial charge is 0.250 e. The molecule has 2 rings (SSSR count). The standard InChI is InChI=1S/C11H15N3O3S/c1-18(16,17)14-6-4-8(7-14)10-9(11(12)15)3-2-5-13-10/h2-3,5,8H,4,6-7H2,1H3,(H2,12,15). The van der Waals surface area contributed by atoms with Gasteiger partial charge in [0.25, 0.3) is 5.91 Å². The highest BCUT2D eigenvalue weighted by atomic mass is 32.2. The van der Waals surface area contributed by atoms with Crippen LogP contribution in [0.4, 0.5) is 0 Å². The number of sulfonamides is 1. The fraction of sp³-hybridized carbons (Fsp3) is 0.455. The lowest BCUT2D eigenvalue weighted by Gasteiger charge is -2.14. The Balaban J connectivity index is 2.27. The third-order valence-corrected chi connectivity index (χ3v) is 4.38. The largest absolute Gasteiger partial charge is 0.366 e. The molecule has 6 nitrogen and oxygen atoms in total. The monoisotopic (exact) mass is 269 g/mol. The summed E-state index contributed by atoms with van der Waals surface area (Å²) in [6.45, 7) is 0.814. The van der Waals surface area contributed by atoms with Gasteiger partial charge in [0.2, 0.25) is 10.0 Å². The molecular formula is C11H15N3O3S. The number of pyridine rings is 1. The number of carbonyl (C=O) groups excluding carboxylic acids is 1. The second-order valence-electron chi connectivity index (χ2n) is 4.41. The lowest BCUT2D eigenvalue weighted by molar-refractivity contribution is 0.0998. The van der Waals surface area contributed by atoms with Gasteiger partial charge in [-0.15, -0.1) is 0 Å². The van der Waals surface area contributed by atoms with E-state index in [-0.39, 0.29) is 5.92 Å². The van der Waals surface area contributed by atoms with Gasteiger partial charge >= 0.3 is 0 Å². The number of nitrogens with two attached hydrogens (primary N) is 1. The number of hydrogen-bond acceptors (Lipinski definition) is 4. The molecule has 1 aliphatic heterocycles. The fourth-order valence-electron chi connectivity index (χ4n) is 2.20. The van der Waals surface area contributed by atoms with E-state index < -0.39 is 15.9 Å². The first-order valence-electron chi connectivity index (χ1n) is 5.59. The van der Waals surface area contributed by atoms with Gasteiger partial charge in [0.15, 0.2) is 0 Å². The Morgan fingerprint density at radius 1 is 1.56 bits per heavy atom. The van der Waals surface area contributed by atoms with Crippen molar-refractivity contribution in [2.45, 2.75) is 12.3 Å². The molecule has 0 saturated carbocycles. The van der Waals surface area contributed by atoms with E-state index in [1.54, 1.807) is 18.3 Å². The van der Waals surface area contributed by atoms with Crippen molar-refractivity contribution < 1.29 is 13.2 Å². The molecule has 0 bridgehead atoms. The molecule has 98 valence electrons. The van der Waals surface area contributed by atoms with Crippen LogP contribution in [0.15, 0.2) is 18.3 Å². The van der Waals surface area contributed by atoms with Gasteiger partial charge < -0.3 is 5.73 Å². The molecular weight excluding hydrogens is 254 g/mol. The predicted octanol–water partition coefficient (Wildman–Crippen LogP) is -0.0706. The molecule has 1 aromatic rings. The molecule has 0 aliphatic carbocycles. The Bertz CT molecular complexity index is 571. The normalized spacial score (nSPS) is 21.1. The molecule has 0 radical (unpaired) electrons. The van der Waals surface area contributed by atoms with Crippen molar-refractivity contribution in [2.75, 3.05) is 19.3 Å². The van der Waals surface area contributed by atoms with Crippen molar-refractivity contribution in [1.82, 2.24) is 9.29 Å². The van der Waals surface area contributed by atoms with Gasteiger partial charge in [-0.25, -0.2) is 12.7 Å². The molecule has 2 N–H and O–H groups in total. The summed E-state index contributed by atoms with van der Waals surface area (Å²) in [6.07, 6.45) is 3.43. The van der Waals surface area contributed by atoms with Gasteiger partial charge in [-0.05, 0) is 18.6 Å². The first kappa shape index (κ1) is 13.0. The minimum Gasteiger partial charge on any atom is -0.366 e. The summed E-state index contributed by atoms with van der Waals surface area (Å²) in [5.74, 6) is -0.598. The first-order chi connectivity index (χ1) is 8.39. The topological polar surface area (TPSA) is 93.4 Å². The number of rotatable bonds is 3. The number of amides is 1. The highest BCUT2D eigenvalue weighted by molar-refractivity contribution is 7.88. The van der Waals surface area contributed by atoms with Crippen LogP contribution in [0.25, 0.3) is 0 Å². The third kappa shape index (κ3) is 2.51. The number of nitrogens with zero attached hydrogens (tertiary/aromatic N) is 2. The lowest BCUT2D eigenvalue weighted by Crippen LogP contribution is -2.27. The average Bonchev–Trinajstić information content (AvgIpc) is 2.77. The summed E-state index contributed by atoms with van der Waals surface area (Å²) in [5.41, 5.74) is 6.26. The van der Waals surface area contributed by atoms with Gasteiger partial charge in [0, 0.05) is 25.2 Å². The zero-order chi connectivity index (χ0) is 13.3. The molecule has 1 fully saturated rings. The summed E-state index contributed by atoms with van der Waals surface area (Å²) in [7, 11) is -3.19. The number of primary amides is 1. The Labute approximate surface area is 106 Å². The van der Waals surface area contributed by atoms with Crippen molar-refractivity contribution in [3.8, 4) is 0 Å². The zero-order valence-electron chi connectivity index (χ0n) is 10.0. The van der Waals surface area contributed by atoms with E-state index in [9.17, 15) is 13.2 Å². The Morgan fingerprint density at radius 2 is 2.28 bits per heavy atom. The third-order valence-electron chi connectivity index (χ3n) is 3.11. The lowest BCUT2D eigenvalue weighted by atomic mass is 9.99. The quantitative estimate of drug-likeness (QED) is 0.831. The molecule has 7 heteroatoms.